The van der Waals surface area contributed by atoms with Crippen LogP contribution in [0.5, 0.6) is 0 Å². The van der Waals surface area contributed by atoms with Crippen molar-refractivity contribution in [2.24, 2.45) is 7.05 Å². The third-order valence-corrected chi connectivity index (χ3v) is 7.24. The molecule has 1 fully saturated rings. The monoisotopic (exact) mass is 390 g/mol. The summed E-state index contributed by atoms with van der Waals surface area (Å²) in [5, 5.41) is 7.14. The van der Waals surface area contributed by atoms with Gasteiger partial charge < -0.3 is 5.32 Å². The molecule has 2 heterocycles. The standard InChI is InChI=1S/C19H26N4O3S/c1-13-7-5-6-12-23(13)27(25,26)17-10-8-16(9-11-17)19(24)20-18-14(2)21-22(4)15(18)3/h8-11,13H,5-7,12H2,1-4H3,(H,20,24)/t13-/m0/s1. The second-order valence-corrected chi connectivity index (χ2v) is 9.00. The number of piperidine rings is 1. The molecule has 146 valence electrons. The lowest BCUT2D eigenvalue weighted by molar-refractivity contribution is 0.102. The molecule has 0 radical (unpaired) electrons. The van der Waals surface area contributed by atoms with E-state index in [1.54, 1.807) is 21.1 Å². The van der Waals surface area contributed by atoms with E-state index in [0.29, 0.717) is 17.8 Å². The number of aryl methyl sites for hydroxylation is 2. The van der Waals surface area contributed by atoms with E-state index in [-0.39, 0.29) is 16.8 Å². The fraction of sp³-hybridized carbons (Fsp3) is 0.474. The van der Waals surface area contributed by atoms with Crippen LogP contribution < -0.4 is 5.32 Å². The van der Waals surface area contributed by atoms with Crippen molar-refractivity contribution >= 4 is 21.6 Å². The fourth-order valence-electron chi connectivity index (χ4n) is 3.48. The molecule has 1 atom stereocenters. The van der Waals surface area contributed by atoms with Gasteiger partial charge in [0.15, 0.2) is 0 Å². The maximum atomic E-state index is 12.9. The van der Waals surface area contributed by atoms with Crippen LogP contribution in [0.15, 0.2) is 29.2 Å². The smallest absolute Gasteiger partial charge is 0.255 e. The van der Waals surface area contributed by atoms with Crippen LogP contribution in [0, 0.1) is 13.8 Å². The molecule has 27 heavy (non-hydrogen) atoms. The predicted molar refractivity (Wildman–Crippen MR) is 104 cm³/mol. The second-order valence-electron chi connectivity index (χ2n) is 7.11. The first-order chi connectivity index (χ1) is 12.7. The first-order valence-corrected chi connectivity index (χ1v) is 10.6. The van der Waals surface area contributed by atoms with Crippen molar-refractivity contribution in [3.8, 4) is 0 Å². The van der Waals surface area contributed by atoms with E-state index < -0.39 is 10.0 Å². The summed E-state index contributed by atoms with van der Waals surface area (Å²) in [6.45, 7) is 6.20. The van der Waals surface area contributed by atoms with E-state index in [9.17, 15) is 13.2 Å². The highest BCUT2D eigenvalue weighted by Gasteiger charge is 2.30. The number of nitrogens with zero attached hydrogens (tertiary/aromatic N) is 3. The fourth-order valence-corrected chi connectivity index (χ4v) is 5.18. The van der Waals surface area contributed by atoms with Gasteiger partial charge in [-0.05, 0) is 57.9 Å². The lowest BCUT2D eigenvalue weighted by atomic mass is 10.1. The largest absolute Gasteiger partial charge is 0.319 e. The second kappa shape index (κ2) is 7.44. The van der Waals surface area contributed by atoms with Gasteiger partial charge in [0.2, 0.25) is 10.0 Å². The molecule has 0 saturated carbocycles. The molecule has 7 nitrogen and oxygen atoms in total. The molecule has 0 spiro atoms. The highest BCUT2D eigenvalue weighted by molar-refractivity contribution is 7.89. The minimum absolute atomic E-state index is 0.00301. The maximum Gasteiger partial charge on any atom is 0.255 e. The number of sulfonamides is 1. The van der Waals surface area contributed by atoms with E-state index in [1.165, 1.54) is 12.1 Å². The molecule has 1 aromatic heterocycles. The van der Waals surface area contributed by atoms with Crippen molar-refractivity contribution in [1.82, 2.24) is 14.1 Å². The van der Waals surface area contributed by atoms with Crippen molar-refractivity contribution in [3.63, 3.8) is 0 Å². The molecule has 1 saturated heterocycles. The summed E-state index contributed by atoms with van der Waals surface area (Å²) in [6.07, 6.45) is 2.82. The van der Waals surface area contributed by atoms with E-state index >= 15 is 0 Å². The van der Waals surface area contributed by atoms with E-state index in [2.05, 4.69) is 10.4 Å². The Kier molecular flexibility index (Phi) is 5.39. The Labute approximate surface area is 160 Å². The lowest BCUT2D eigenvalue weighted by Crippen LogP contribution is -2.41. The Morgan fingerprint density at radius 1 is 1.19 bits per heavy atom. The van der Waals surface area contributed by atoms with Crippen molar-refractivity contribution < 1.29 is 13.2 Å². The molecule has 0 bridgehead atoms. The molecular weight excluding hydrogens is 364 g/mol. The summed E-state index contributed by atoms with van der Waals surface area (Å²) in [5.74, 6) is -0.288. The molecule has 8 heteroatoms. The van der Waals surface area contributed by atoms with Crippen LogP contribution in [0.25, 0.3) is 0 Å². The number of nitrogens with one attached hydrogen (secondary N) is 1. The van der Waals surface area contributed by atoms with Crippen LogP contribution in [0.4, 0.5) is 5.69 Å². The molecule has 1 aromatic carbocycles. The van der Waals surface area contributed by atoms with Crippen molar-refractivity contribution in [2.45, 2.75) is 51.0 Å². The molecule has 1 aliphatic rings. The topological polar surface area (TPSA) is 84.3 Å². The predicted octanol–water partition coefficient (Wildman–Crippen LogP) is 2.85. The molecule has 1 N–H and O–H groups in total. The van der Waals surface area contributed by atoms with Crippen LogP contribution >= 0.6 is 0 Å². The number of carbonyl (C=O) groups excluding carboxylic acids is 1. The number of benzene rings is 1. The molecule has 0 aliphatic carbocycles. The Bertz CT molecular complexity index is 948. The summed E-state index contributed by atoms with van der Waals surface area (Å²) in [7, 11) is -1.72. The van der Waals surface area contributed by atoms with Gasteiger partial charge >= 0.3 is 0 Å². The van der Waals surface area contributed by atoms with Crippen molar-refractivity contribution in [2.75, 3.05) is 11.9 Å². The van der Waals surface area contributed by atoms with E-state index in [4.69, 9.17) is 0 Å². The maximum absolute atomic E-state index is 12.9. The van der Waals surface area contributed by atoms with Gasteiger partial charge in [0.25, 0.3) is 5.91 Å². The van der Waals surface area contributed by atoms with Gasteiger partial charge in [-0.1, -0.05) is 6.42 Å². The summed E-state index contributed by atoms with van der Waals surface area (Å²) < 4.78 is 29.0. The molecule has 1 aliphatic heterocycles. The van der Waals surface area contributed by atoms with Gasteiger partial charge in [-0.2, -0.15) is 9.40 Å². The van der Waals surface area contributed by atoms with E-state index in [1.807, 2.05) is 27.8 Å². The van der Waals surface area contributed by atoms with Gasteiger partial charge in [0, 0.05) is 25.2 Å². The average Bonchev–Trinajstić information content (AvgIpc) is 2.88. The van der Waals surface area contributed by atoms with Crippen molar-refractivity contribution in [1.29, 1.82) is 0 Å². The zero-order valence-corrected chi connectivity index (χ0v) is 17.0. The Morgan fingerprint density at radius 2 is 1.85 bits per heavy atom. The van der Waals surface area contributed by atoms with Gasteiger partial charge in [-0.25, -0.2) is 8.42 Å². The summed E-state index contributed by atoms with van der Waals surface area (Å²) in [4.78, 5) is 12.8. The van der Waals surface area contributed by atoms with Gasteiger partial charge in [-0.3, -0.25) is 9.48 Å². The summed E-state index contributed by atoms with van der Waals surface area (Å²) in [5.41, 5.74) is 2.69. The Hall–Kier alpha value is -2.19. The van der Waals surface area contributed by atoms with Gasteiger partial charge in [0.05, 0.1) is 22.0 Å². The third-order valence-electron chi connectivity index (χ3n) is 5.21. The van der Waals surface area contributed by atoms with E-state index in [0.717, 1.165) is 30.7 Å². The minimum atomic E-state index is -3.53. The zero-order chi connectivity index (χ0) is 19.8. The van der Waals surface area contributed by atoms with Crippen LogP contribution in [-0.4, -0.2) is 41.0 Å². The summed E-state index contributed by atoms with van der Waals surface area (Å²) >= 11 is 0. The minimum Gasteiger partial charge on any atom is -0.319 e. The Morgan fingerprint density at radius 3 is 2.41 bits per heavy atom. The van der Waals surface area contributed by atoms with Crippen LogP contribution in [0.3, 0.4) is 0 Å². The quantitative estimate of drug-likeness (QED) is 0.870. The molecule has 0 unspecified atom stereocenters. The number of aromatic nitrogens is 2. The first kappa shape index (κ1) is 19.6. The third kappa shape index (κ3) is 3.77. The highest BCUT2D eigenvalue weighted by atomic mass is 32.2. The number of carbonyl (C=O) groups is 1. The van der Waals surface area contributed by atoms with Crippen LogP contribution in [0.2, 0.25) is 0 Å². The molecule has 1 amide bonds. The molecule has 3 rings (SSSR count). The number of rotatable bonds is 4. The van der Waals surface area contributed by atoms with Crippen LogP contribution in [0.1, 0.15) is 47.9 Å². The van der Waals surface area contributed by atoms with Gasteiger partial charge in [0.1, 0.15) is 0 Å². The SMILES string of the molecule is Cc1nn(C)c(C)c1NC(=O)c1ccc(S(=O)(=O)N2CCCC[C@@H]2C)cc1. The molecular formula is C19H26N4O3S. The van der Waals surface area contributed by atoms with Gasteiger partial charge in [-0.15, -0.1) is 0 Å². The average molecular weight is 391 g/mol. The van der Waals surface area contributed by atoms with Crippen LogP contribution in [-0.2, 0) is 17.1 Å². The highest BCUT2D eigenvalue weighted by Crippen LogP contribution is 2.25. The first-order valence-electron chi connectivity index (χ1n) is 9.15. The normalized spacial score (nSPS) is 18.4. The molecule has 2 aromatic rings. The van der Waals surface area contributed by atoms with Crippen molar-refractivity contribution in [3.05, 3.63) is 41.2 Å². The zero-order valence-electron chi connectivity index (χ0n) is 16.2. The number of hydrogen-bond donors (Lipinski definition) is 1. The Balaban J connectivity index is 1.79. The number of anilines is 1. The number of hydrogen-bond acceptors (Lipinski definition) is 4. The number of amides is 1. The lowest BCUT2D eigenvalue weighted by Gasteiger charge is -2.32. The summed E-state index contributed by atoms with van der Waals surface area (Å²) in [6, 6.07) is 6.13.